The van der Waals surface area contributed by atoms with Crippen LogP contribution in [0.4, 0.5) is 0 Å². The van der Waals surface area contributed by atoms with Gasteiger partial charge in [0, 0.05) is 0 Å². The van der Waals surface area contributed by atoms with E-state index in [9.17, 15) is 0 Å². The lowest BCUT2D eigenvalue weighted by Crippen LogP contribution is -2.31. The minimum absolute atomic E-state index is 0.177. The van der Waals surface area contributed by atoms with Crippen LogP contribution < -0.4 is 0 Å². The molecule has 0 saturated heterocycles. The molecule has 1 aromatic carbocycles. The van der Waals surface area contributed by atoms with Gasteiger partial charge in [0.2, 0.25) is 0 Å². The standard InChI is InChI=1S/C13H20O2/c1-11(2)15-13(3,4)14-10-12-8-6-5-7-9-12/h5-9,11H,10H2,1-4H3. The summed E-state index contributed by atoms with van der Waals surface area (Å²) < 4.78 is 11.3. The van der Waals surface area contributed by atoms with Crippen molar-refractivity contribution >= 4 is 0 Å². The van der Waals surface area contributed by atoms with Gasteiger partial charge in [-0.2, -0.15) is 0 Å². The molecule has 0 radical (unpaired) electrons. The molecular formula is C13H20O2. The van der Waals surface area contributed by atoms with E-state index >= 15 is 0 Å². The highest BCUT2D eigenvalue weighted by Crippen LogP contribution is 2.16. The molecule has 0 amide bonds. The van der Waals surface area contributed by atoms with E-state index in [4.69, 9.17) is 9.47 Å². The van der Waals surface area contributed by atoms with E-state index in [1.165, 1.54) is 0 Å². The Morgan fingerprint density at radius 1 is 1.13 bits per heavy atom. The topological polar surface area (TPSA) is 18.5 Å². The molecule has 0 atom stereocenters. The quantitative estimate of drug-likeness (QED) is 0.691. The molecule has 0 aliphatic rings. The Morgan fingerprint density at radius 2 is 1.73 bits per heavy atom. The van der Waals surface area contributed by atoms with Crippen LogP contribution in [-0.2, 0) is 16.1 Å². The van der Waals surface area contributed by atoms with E-state index in [0.29, 0.717) is 6.61 Å². The summed E-state index contributed by atoms with van der Waals surface area (Å²) in [6.07, 6.45) is 0.177. The van der Waals surface area contributed by atoms with E-state index in [1.54, 1.807) is 0 Å². The zero-order valence-corrected chi connectivity index (χ0v) is 9.99. The molecule has 2 nitrogen and oxygen atoms in total. The van der Waals surface area contributed by atoms with Crippen LogP contribution in [0.2, 0.25) is 0 Å². The lowest BCUT2D eigenvalue weighted by molar-refractivity contribution is -0.236. The second-order valence-corrected chi connectivity index (χ2v) is 4.34. The van der Waals surface area contributed by atoms with Gasteiger partial charge >= 0.3 is 0 Å². The highest BCUT2D eigenvalue weighted by molar-refractivity contribution is 5.13. The molecule has 0 aliphatic carbocycles. The van der Waals surface area contributed by atoms with Crippen LogP contribution in [0, 0.1) is 0 Å². The number of benzene rings is 1. The summed E-state index contributed by atoms with van der Waals surface area (Å²) in [6, 6.07) is 10.1. The first-order valence-corrected chi connectivity index (χ1v) is 5.35. The van der Waals surface area contributed by atoms with Crippen LogP contribution in [0.25, 0.3) is 0 Å². The summed E-state index contributed by atoms with van der Waals surface area (Å²) in [5, 5.41) is 0. The van der Waals surface area contributed by atoms with Gasteiger partial charge in [-0.1, -0.05) is 30.3 Å². The second kappa shape index (κ2) is 5.29. The van der Waals surface area contributed by atoms with Crippen LogP contribution in [-0.4, -0.2) is 11.9 Å². The number of hydrogen-bond acceptors (Lipinski definition) is 2. The predicted octanol–water partition coefficient (Wildman–Crippen LogP) is 3.36. The summed E-state index contributed by atoms with van der Waals surface area (Å²) in [7, 11) is 0. The first-order chi connectivity index (χ1) is 6.99. The molecule has 15 heavy (non-hydrogen) atoms. The Kier molecular flexibility index (Phi) is 4.30. The highest BCUT2D eigenvalue weighted by Gasteiger charge is 2.20. The van der Waals surface area contributed by atoms with Crippen molar-refractivity contribution in [3.63, 3.8) is 0 Å². The Balaban J connectivity index is 2.42. The maximum absolute atomic E-state index is 5.70. The van der Waals surface area contributed by atoms with Crippen molar-refractivity contribution in [2.75, 3.05) is 0 Å². The Bertz CT molecular complexity index is 278. The Hall–Kier alpha value is -0.860. The molecule has 0 aliphatic heterocycles. The van der Waals surface area contributed by atoms with Gasteiger partial charge in [-0.25, -0.2) is 0 Å². The fraction of sp³-hybridized carbons (Fsp3) is 0.538. The Labute approximate surface area is 92.2 Å². The van der Waals surface area contributed by atoms with E-state index in [-0.39, 0.29) is 6.10 Å². The SMILES string of the molecule is CC(C)OC(C)(C)OCc1ccccc1. The summed E-state index contributed by atoms with van der Waals surface area (Å²) in [4.78, 5) is 0. The lowest BCUT2D eigenvalue weighted by Gasteiger charge is -2.28. The van der Waals surface area contributed by atoms with Gasteiger partial charge in [-0.15, -0.1) is 0 Å². The van der Waals surface area contributed by atoms with Crippen LogP contribution >= 0.6 is 0 Å². The van der Waals surface area contributed by atoms with Gasteiger partial charge in [0.15, 0.2) is 5.79 Å². The molecule has 0 N–H and O–H groups in total. The predicted molar refractivity (Wildman–Crippen MR) is 61.5 cm³/mol. The molecule has 2 heteroatoms. The molecule has 0 bridgehead atoms. The molecule has 0 saturated carbocycles. The summed E-state index contributed by atoms with van der Waals surface area (Å²) in [6.45, 7) is 8.48. The van der Waals surface area contributed by atoms with Crippen molar-refractivity contribution in [3.8, 4) is 0 Å². The first kappa shape index (κ1) is 12.2. The largest absolute Gasteiger partial charge is 0.348 e. The molecule has 1 rings (SSSR count). The van der Waals surface area contributed by atoms with Crippen molar-refractivity contribution in [2.45, 2.75) is 46.2 Å². The first-order valence-electron chi connectivity index (χ1n) is 5.35. The van der Waals surface area contributed by atoms with E-state index in [1.807, 2.05) is 58.0 Å². The van der Waals surface area contributed by atoms with Gasteiger partial charge in [0.05, 0.1) is 12.7 Å². The van der Waals surface area contributed by atoms with E-state index < -0.39 is 5.79 Å². The summed E-state index contributed by atoms with van der Waals surface area (Å²) in [5.74, 6) is -0.524. The van der Waals surface area contributed by atoms with Gasteiger partial charge < -0.3 is 9.47 Å². The van der Waals surface area contributed by atoms with Crippen molar-refractivity contribution in [3.05, 3.63) is 35.9 Å². The average Bonchev–Trinajstić information content (AvgIpc) is 2.15. The van der Waals surface area contributed by atoms with E-state index in [0.717, 1.165) is 5.56 Å². The Morgan fingerprint density at radius 3 is 2.27 bits per heavy atom. The van der Waals surface area contributed by atoms with Crippen LogP contribution in [0.15, 0.2) is 30.3 Å². The zero-order valence-electron chi connectivity index (χ0n) is 9.99. The minimum atomic E-state index is -0.524. The van der Waals surface area contributed by atoms with Gasteiger partial charge in [0.1, 0.15) is 0 Å². The number of hydrogen-bond donors (Lipinski definition) is 0. The smallest absolute Gasteiger partial charge is 0.163 e. The zero-order chi connectivity index (χ0) is 11.3. The number of rotatable bonds is 5. The summed E-state index contributed by atoms with van der Waals surface area (Å²) in [5.41, 5.74) is 1.16. The maximum atomic E-state index is 5.70. The fourth-order valence-electron chi connectivity index (χ4n) is 1.43. The van der Waals surface area contributed by atoms with Gasteiger partial charge in [0.25, 0.3) is 0 Å². The average molecular weight is 208 g/mol. The van der Waals surface area contributed by atoms with Crippen LogP contribution in [0.5, 0.6) is 0 Å². The van der Waals surface area contributed by atoms with Gasteiger partial charge in [-0.3, -0.25) is 0 Å². The van der Waals surface area contributed by atoms with E-state index in [2.05, 4.69) is 0 Å². The third-order valence-electron chi connectivity index (χ3n) is 1.95. The van der Waals surface area contributed by atoms with Gasteiger partial charge in [-0.05, 0) is 33.3 Å². The lowest BCUT2D eigenvalue weighted by atomic mass is 10.2. The van der Waals surface area contributed by atoms with Crippen molar-refractivity contribution in [2.24, 2.45) is 0 Å². The second-order valence-electron chi connectivity index (χ2n) is 4.34. The molecule has 0 aromatic heterocycles. The number of ether oxygens (including phenoxy) is 2. The van der Waals surface area contributed by atoms with Crippen molar-refractivity contribution in [1.29, 1.82) is 0 Å². The van der Waals surface area contributed by atoms with Crippen LogP contribution in [0.1, 0.15) is 33.3 Å². The normalized spacial score (nSPS) is 12.1. The third kappa shape index (κ3) is 4.96. The molecule has 0 spiro atoms. The maximum Gasteiger partial charge on any atom is 0.163 e. The molecular weight excluding hydrogens is 188 g/mol. The molecule has 84 valence electrons. The molecule has 0 heterocycles. The van der Waals surface area contributed by atoms with Crippen molar-refractivity contribution in [1.82, 2.24) is 0 Å². The molecule has 0 fully saturated rings. The fourth-order valence-corrected chi connectivity index (χ4v) is 1.43. The highest BCUT2D eigenvalue weighted by atomic mass is 16.7. The minimum Gasteiger partial charge on any atom is -0.348 e. The molecule has 1 aromatic rings. The van der Waals surface area contributed by atoms with Crippen molar-refractivity contribution < 1.29 is 9.47 Å². The van der Waals surface area contributed by atoms with Crippen LogP contribution in [0.3, 0.4) is 0 Å². The monoisotopic (exact) mass is 208 g/mol. The third-order valence-corrected chi connectivity index (χ3v) is 1.95. The molecule has 0 unspecified atom stereocenters. The summed E-state index contributed by atoms with van der Waals surface area (Å²) >= 11 is 0.